The molecule has 1 heterocycles. The predicted molar refractivity (Wildman–Crippen MR) is 60.6 cm³/mol. The van der Waals surface area contributed by atoms with E-state index in [1.54, 1.807) is 11.3 Å². The van der Waals surface area contributed by atoms with E-state index >= 15 is 0 Å². The Morgan fingerprint density at radius 1 is 1.50 bits per heavy atom. The molecule has 0 bridgehead atoms. The second-order valence-electron chi connectivity index (χ2n) is 3.71. The summed E-state index contributed by atoms with van der Waals surface area (Å²) >= 11 is 1.80. The molecule has 3 heteroatoms. The first-order chi connectivity index (χ1) is 6.59. The van der Waals surface area contributed by atoms with Gasteiger partial charge in [-0.05, 0) is 25.5 Å². The molecule has 14 heavy (non-hydrogen) atoms. The number of carbonyl (C=O) groups is 1. The van der Waals surface area contributed by atoms with E-state index in [0.717, 1.165) is 13.0 Å². The van der Waals surface area contributed by atoms with Crippen LogP contribution in [0.25, 0.3) is 0 Å². The highest BCUT2D eigenvalue weighted by Gasteiger charge is 2.05. The fraction of sp³-hybridized carbons (Fsp3) is 0.545. The molecule has 0 spiro atoms. The number of hydrogen-bond donors (Lipinski definition) is 1. The zero-order chi connectivity index (χ0) is 10.6. The molecule has 0 atom stereocenters. The van der Waals surface area contributed by atoms with Crippen LogP contribution in [0.1, 0.15) is 23.6 Å². The third-order valence-electron chi connectivity index (χ3n) is 1.99. The van der Waals surface area contributed by atoms with Gasteiger partial charge in [-0.25, -0.2) is 0 Å². The van der Waals surface area contributed by atoms with Crippen molar-refractivity contribution < 1.29 is 4.79 Å². The summed E-state index contributed by atoms with van der Waals surface area (Å²) in [6.07, 6.45) is 0.941. The monoisotopic (exact) mass is 211 g/mol. The minimum atomic E-state index is 0.0834. The van der Waals surface area contributed by atoms with Crippen LogP contribution in [0, 0.1) is 12.8 Å². The van der Waals surface area contributed by atoms with Crippen molar-refractivity contribution in [2.24, 2.45) is 5.92 Å². The summed E-state index contributed by atoms with van der Waals surface area (Å²) in [5, 5.41) is 2.91. The summed E-state index contributed by atoms with van der Waals surface area (Å²) < 4.78 is 0. The highest BCUT2D eigenvalue weighted by Crippen LogP contribution is 2.14. The van der Waals surface area contributed by atoms with Gasteiger partial charge in [0.25, 0.3) is 0 Å². The van der Waals surface area contributed by atoms with E-state index in [1.807, 2.05) is 13.8 Å². The number of amides is 1. The van der Waals surface area contributed by atoms with Gasteiger partial charge in [0.2, 0.25) is 5.91 Å². The summed E-state index contributed by atoms with van der Waals surface area (Å²) in [6.45, 7) is 6.66. The predicted octanol–water partition coefficient (Wildman–Crippen LogP) is 2.37. The van der Waals surface area contributed by atoms with E-state index in [9.17, 15) is 4.79 Å². The Morgan fingerprint density at radius 2 is 2.21 bits per heavy atom. The lowest BCUT2D eigenvalue weighted by atomic mass is 10.2. The van der Waals surface area contributed by atoms with Crippen LogP contribution in [0.3, 0.4) is 0 Å². The van der Waals surface area contributed by atoms with Gasteiger partial charge in [0.15, 0.2) is 0 Å². The van der Waals surface area contributed by atoms with Gasteiger partial charge >= 0.3 is 0 Å². The van der Waals surface area contributed by atoms with Gasteiger partial charge in [-0.15, -0.1) is 11.3 Å². The molecule has 2 nitrogen and oxygen atoms in total. The third-order valence-corrected chi connectivity index (χ3v) is 3.05. The minimum Gasteiger partial charge on any atom is -0.356 e. The Labute approximate surface area is 89.3 Å². The maximum absolute atomic E-state index is 11.2. The molecule has 1 N–H and O–H groups in total. The Hall–Kier alpha value is -0.830. The van der Waals surface area contributed by atoms with Crippen molar-refractivity contribution in [3.63, 3.8) is 0 Å². The summed E-state index contributed by atoms with van der Waals surface area (Å²) in [7, 11) is 0. The molecule has 0 saturated heterocycles. The fourth-order valence-electron chi connectivity index (χ4n) is 1.13. The first-order valence-electron chi connectivity index (χ1n) is 4.92. The average molecular weight is 211 g/mol. The van der Waals surface area contributed by atoms with Crippen LogP contribution in [0.5, 0.6) is 0 Å². The van der Waals surface area contributed by atoms with Gasteiger partial charge < -0.3 is 5.32 Å². The zero-order valence-corrected chi connectivity index (χ0v) is 9.78. The molecule has 0 saturated carbocycles. The second-order valence-corrected chi connectivity index (χ2v) is 5.08. The Kier molecular flexibility index (Phi) is 4.14. The molecular formula is C11H17NOS. The Balaban J connectivity index is 2.25. The largest absolute Gasteiger partial charge is 0.356 e. The number of rotatable bonds is 4. The molecule has 1 rings (SSSR count). The third kappa shape index (κ3) is 3.50. The van der Waals surface area contributed by atoms with Crippen molar-refractivity contribution in [3.8, 4) is 0 Å². The molecule has 0 aliphatic carbocycles. The number of thiophene rings is 1. The number of carbonyl (C=O) groups excluding carboxylic acids is 1. The van der Waals surface area contributed by atoms with Crippen LogP contribution < -0.4 is 5.32 Å². The average Bonchev–Trinajstić information content (AvgIpc) is 2.51. The van der Waals surface area contributed by atoms with E-state index in [4.69, 9.17) is 0 Å². The molecule has 0 unspecified atom stereocenters. The molecule has 0 aliphatic rings. The maximum Gasteiger partial charge on any atom is 0.222 e. The van der Waals surface area contributed by atoms with Crippen LogP contribution in [0.15, 0.2) is 12.1 Å². The van der Waals surface area contributed by atoms with Crippen molar-refractivity contribution >= 4 is 17.2 Å². The lowest BCUT2D eigenvalue weighted by Gasteiger charge is -2.06. The van der Waals surface area contributed by atoms with Crippen LogP contribution >= 0.6 is 11.3 Å². The minimum absolute atomic E-state index is 0.0834. The van der Waals surface area contributed by atoms with Crippen molar-refractivity contribution in [3.05, 3.63) is 21.9 Å². The summed E-state index contributed by atoms with van der Waals surface area (Å²) in [6, 6.07) is 4.24. The fourth-order valence-corrected chi connectivity index (χ4v) is 2.02. The molecule has 0 fully saturated rings. The van der Waals surface area contributed by atoms with Crippen molar-refractivity contribution in [1.29, 1.82) is 0 Å². The Morgan fingerprint density at radius 3 is 2.71 bits per heavy atom. The van der Waals surface area contributed by atoms with Crippen molar-refractivity contribution in [2.45, 2.75) is 27.2 Å². The van der Waals surface area contributed by atoms with Crippen molar-refractivity contribution in [2.75, 3.05) is 6.54 Å². The quantitative estimate of drug-likeness (QED) is 0.814. The van der Waals surface area contributed by atoms with Gasteiger partial charge in [-0.1, -0.05) is 13.8 Å². The van der Waals surface area contributed by atoms with Gasteiger partial charge in [0.05, 0.1) is 0 Å². The van der Waals surface area contributed by atoms with Gasteiger partial charge in [-0.2, -0.15) is 0 Å². The van der Waals surface area contributed by atoms with Gasteiger partial charge in [-0.3, -0.25) is 4.79 Å². The topological polar surface area (TPSA) is 29.1 Å². The van der Waals surface area contributed by atoms with Crippen LogP contribution in [-0.4, -0.2) is 12.5 Å². The zero-order valence-electron chi connectivity index (χ0n) is 8.96. The lowest BCUT2D eigenvalue weighted by Crippen LogP contribution is -2.29. The first kappa shape index (κ1) is 11.2. The van der Waals surface area contributed by atoms with E-state index < -0.39 is 0 Å². The molecule has 1 aromatic rings. The van der Waals surface area contributed by atoms with Crippen LogP contribution in [0.2, 0.25) is 0 Å². The molecule has 1 amide bonds. The maximum atomic E-state index is 11.2. The van der Waals surface area contributed by atoms with Crippen LogP contribution in [0.4, 0.5) is 0 Å². The molecular weight excluding hydrogens is 194 g/mol. The number of nitrogens with one attached hydrogen (secondary N) is 1. The smallest absolute Gasteiger partial charge is 0.222 e. The van der Waals surface area contributed by atoms with Crippen molar-refractivity contribution in [1.82, 2.24) is 5.32 Å². The molecule has 0 radical (unpaired) electrons. The van der Waals surface area contributed by atoms with Gasteiger partial charge in [0, 0.05) is 22.2 Å². The SMILES string of the molecule is Cc1ccc(CCNC(=O)C(C)C)s1. The molecule has 0 aliphatic heterocycles. The highest BCUT2D eigenvalue weighted by molar-refractivity contribution is 7.11. The first-order valence-corrected chi connectivity index (χ1v) is 5.74. The van der Waals surface area contributed by atoms with E-state index in [-0.39, 0.29) is 11.8 Å². The normalized spacial score (nSPS) is 10.6. The highest BCUT2D eigenvalue weighted by atomic mass is 32.1. The molecule has 0 aromatic carbocycles. The Bertz CT molecular complexity index is 304. The lowest BCUT2D eigenvalue weighted by molar-refractivity contribution is -0.123. The number of hydrogen-bond acceptors (Lipinski definition) is 2. The van der Waals surface area contributed by atoms with Gasteiger partial charge in [0.1, 0.15) is 0 Å². The molecule has 1 aromatic heterocycles. The summed E-state index contributed by atoms with van der Waals surface area (Å²) in [5.41, 5.74) is 0. The van der Waals surface area contributed by atoms with E-state index in [2.05, 4.69) is 24.4 Å². The standard InChI is InChI=1S/C11H17NOS/c1-8(2)11(13)12-7-6-10-5-4-9(3)14-10/h4-5,8H,6-7H2,1-3H3,(H,12,13). The summed E-state index contributed by atoms with van der Waals surface area (Å²) in [4.78, 5) is 13.9. The molecule has 78 valence electrons. The summed E-state index contributed by atoms with van der Waals surface area (Å²) in [5.74, 6) is 0.221. The van der Waals surface area contributed by atoms with E-state index in [0.29, 0.717) is 0 Å². The van der Waals surface area contributed by atoms with E-state index in [1.165, 1.54) is 9.75 Å². The number of aryl methyl sites for hydroxylation is 1. The second kappa shape index (κ2) is 5.15. The van der Waals surface area contributed by atoms with Crippen LogP contribution in [-0.2, 0) is 11.2 Å².